The first-order chi connectivity index (χ1) is 17.5. The number of anilines is 2. The number of nitrogens with one attached hydrogen (secondary N) is 2. The molecule has 0 atom stereocenters. The first-order valence-corrected chi connectivity index (χ1v) is 11.6. The molecule has 2 aromatic carbocycles. The highest BCUT2D eigenvalue weighted by molar-refractivity contribution is 5.91. The third-order valence-electron chi connectivity index (χ3n) is 6.57. The van der Waals surface area contributed by atoms with E-state index in [0.717, 1.165) is 38.2 Å². The highest BCUT2D eigenvalue weighted by Crippen LogP contribution is 2.34. The number of rotatable bonds is 4. The van der Waals surface area contributed by atoms with Gasteiger partial charge < -0.3 is 15.7 Å². The molecule has 4 heterocycles. The molecule has 182 valence electrons. The zero-order valence-corrected chi connectivity index (χ0v) is 19.0. The predicted octanol–water partition coefficient (Wildman–Crippen LogP) is 5.28. The number of piperidine rings is 1. The molecular weight excluding hydrogens is 469 g/mol. The molecule has 1 saturated heterocycles. The van der Waals surface area contributed by atoms with Gasteiger partial charge in [-0.1, -0.05) is 6.07 Å². The molecule has 5 aromatic rings. The SMILES string of the molecule is Oc1cc2nccn2c2cc(-c3nc(Nc4ccc(C5CCNCC5)c(F)c4)ncc3F)cc(F)c12. The monoisotopic (exact) mass is 490 g/mol. The lowest BCUT2D eigenvalue weighted by atomic mass is 9.90. The largest absolute Gasteiger partial charge is 0.507 e. The molecule has 0 aliphatic carbocycles. The van der Waals surface area contributed by atoms with Crippen LogP contribution in [-0.4, -0.2) is 37.5 Å². The molecule has 1 aliphatic heterocycles. The molecule has 36 heavy (non-hydrogen) atoms. The Morgan fingerprint density at radius 1 is 0.972 bits per heavy atom. The van der Waals surface area contributed by atoms with Crippen LogP contribution in [0.5, 0.6) is 5.75 Å². The molecule has 1 fully saturated rings. The van der Waals surface area contributed by atoms with Crippen LogP contribution in [0, 0.1) is 17.5 Å². The average molecular weight is 490 g/mol. The fourth-order valence-electron chi connectivity index (χ4n) is 4.82. The number of pyridine rings is 1. The van der Waals surface area contributed by atoms with Gasteiger partial charge in [-0.2, -0.15) is 0 Å². The van der Waals surface area contributed by atoms with Crippen molar-refractivity contribution in [1.82, 2.24) is 24.7 Å². The Bertz CT molecular complexity index is 1610. The van der Waals surface area contributed by atoms with Gasteiger partial charge in [0, 0.05) is 29.7 Å². The van der Waals surface area contributed by atoms with E-state index in [1.165, 1.54) is 24.4 Å². The Balaban J connectivity index is 1.36. The van der Waals surface area contributed by atoms with Gasteiger partial charge in [-0.15, -0.1) is 0 Å². The van der Waals surface area contributed by atoms with Crippen molar-refractivity contribution in [2.75, 3.05) is 18.4 Å². The summed E-state index contributed by atoms with van der Waals surface area (Å²) < 4.78 is 46.2. The zero-order chi connectivity index (χ0) is 24.8. The van der Waals surface area contributed by atoms with Crippen LogP contribution in [0.4, 0.5) is 24.8 Å². The Kier molecular flexibility index (Phi) is 5.45. The molecule has 0 radical (unpaired) electrons. The summed E-state index contributed by atoms with van der Waals surface area (Å²) in [6.07, 6.45) is 5.86. The average Bonchev–Trinajstić information content (AvgIpc) is 3.34. The second-order valence-electron chi connectivity index (χ2n) is 8.81. The van der Waals surface area contributed by atoms with Crippen molar-refractivity contribution in [3.63, 3.8) is 0 Å². The van der Waals surface area contributed by atoms with Gasteiger partial charge in [0.25, 0.3) is 0 Å². The van der Waals surface area contributed by atoms with E-state index in [0.29, 0.717) is 22.4 Å². The lowest BCUT2D eigenvalue weighted by Crippen LogP contribution is -2.27. The van der Waals surface area contributed by atoms with E-state index in [1.54, 1.807) is 22.7 Å². The van der Waals surface area contributed by atoms with Gasteiger partial charge in [0.2, 0.25) is 5.95 Å². The van der Waals surface area contributed by atoms with Crippen LogP contribution < -0.4 is 10.6 Å². The van der Waals surface area contributed by atoms with Crippen molar-refractivity contribution < 1.29 is 18.3 Å². The molecule has 0 spiro atoms. The number of hydrogen-bond acceptors (Lipinski definition) is 6. The van der Waals surface area contributed by atoms with Gasteiger partial charge >= 0.3 is 0 Å². The number of imidazole rings is 1. The van der Waals surface area contributed by atoms with E-state index in [4.69, 9.17) is 0 Å². The third-order valence-corrected chi connectivity index (χ3v) is 6.57. The summed E-state index contributed by atoms with van der Waals surface area (Å²) in [5, 5.41) is 16.4. The molecule has 0 amide bonds. The maximum atomic E-state index is 15.0. The predicted molar refractivity (Wildman–Crippen MR) is 130 cm³/mol. The lowest BCUT2D eigenvalue weighted by Gasteiger charge is -2.23. The molecule has 0 unspecified atom stereocenters. The molecule has 10 heteroatoms. The van der Waals surface area contributed by atoms with E-state index in [2.05, 4.69) is 25.6 Å². The standard InChI is InChI=1S/C26H21F3N6O/c27-18-11-16(1-2-17(18)14-3-5-30-6-4-14)33-26-32-13-20(29)25(34-26)15-9-19(28)24-21(10-15)35-8-7-31-23(35)12-22(24)36/h1-2,7-14,30,36H,3-6H2,(H,32,33,34). The first kappa shape index (κ1) is 22.3. The zero-order valence-electron chi connectivity index (χ0n) is 19.0. The molecule has 3 aromatic heterocycles. The van der Waals surface area contributed by atoms with Crippen molar-refractivity contribution in [3.8, 4) is 17.0 Å². The van der Waals surface area contributed by atoms with Gasteiger partial charge in [0.1, 0.15) is 28.7 Å². The number of nitrogens with zero attached hydrogens (tertiary/aromatic N) is 4. The number of benzene rings is 2. The summed E-state index contributed by atoms with van der Waals surface area (Å²) in [6, 6.07) is 8.84. The van der Waals surface area contributed by atoms with E-state index < -0.39 is 11.6 Å². The second kappa shape index (κ2) is 8.80. The fourth-order valence-corrected chi connectivity index (χ4v) is 4.82. The maximum Gasteiger partial charge on any atom is 0.227 e. The quantitative estimate of drug-likeness (QED) is 0.318. The maximum absolute atomic E-state index is 15.0. The molecule has 1 aliphatic rings. The number of fused-ring (bicyclic) bond motifs is 3. The third kappa shape index (κ3) is 3.89. The first-order valence-electron chi connectivity index (χ1n) is 11.6. The summed E-state index contributed by atoms with van der Waals surface area (Å²) in [5.74, 6) is -1.89. The van der Waals surface area contributed by atoms with Crippen LogP contribution in [0.25, 0.3) is 27.8 Å². The summed E-state index contributed by atoms with van der Waals surface area (Å²) in [7, 11) is 0. The Morgan fingerprint density at radius 2 is 1.81 bits per heavy atom. The van der Waals surface area contributed by atoms with Gasteiger partial charge in [-0.05, 0) is 61.7 Å². The van der Waals surface area contributed by atoms with Crippen LogP contribution in [0.2, 0.25) is 0 Å². The van der Waals surface area contributed by atoms with Crippen LogP contribution in [0.15, 0.2) is 55.0 Å². The molecule has 0 saturated carbocycles. The minimum absolute atomic E-state index is 0.0126. The Morgan fingerprint density at radius 3 is 2.61 bits per heavy atom. The number of hydrogen-bond donors (Lipinski definition) is 3. The minimum Gasteiger partial charge on any atom is -0.507 e. The lowest BCUT2D eigenvalue weighted by molar-refractivity contribution is 0.445. The highest BCUT2D eigenvalue weighted by atomic mass is 19.1. The summed E-state index contributed by atoms with van der Waals surface area (Å²) in [6.45, 7) is 1.72. The van der Waals surface area contributed by atoms with E-state index in [1.807, 2.05) is 0 Å². The summed E-state index contributed by atoms with van der Waals surface area (Å²) >= 11 is 0. The molecule has 7 nitrogen and oxygen atoms in total. The van der Waals surface area contributed by atoms with Gasteiger partial charge in [0.05, 0.1) is 17.1 Å². The van der Waals surface area contributed by atoms with E-state index in [-0.39, 0.29) is 40.1 Å². The Hall–Kier alpha value is -4.18. The minimum atomic E-state index is -0.756. The van der Waals surface area contributed by atoms with Gasteiger partial charge in [-0.3, -0.25) is 4.40 Å². The van der Waals surface area contributed by atoms with Crippen LogP contribution >= 0.6 is 0 Å². The topological polar surface area (TPSA) is 87.4 Å². The van der Waals surface area contributed by atoms with Gasteiger partial charge in [-0.25, -0.2) is 28.1 Å². The van der Waals surface area contributed by atoms with Crippen molar-refractivity contribution in [2.24, 2.45) is 0 Å². The van der Waals surface area contributed by atoms with Crippen molar-refractivity contribution in [3.05, 3.63) is 78.0 Å². The normalized spacial score (nSPS) is 14.5. The van der Waals surface area contributed by atoms with Crippen molar-refractivity contribution >= 4 is 28.2 Å². The van der Waals surface area contributed by atoms with Crippen molar-refractivity contribution in [2.45, 2.75) is 18.8 Å². The fraction of sp³-hybridized carbons (Fsp3) is 0.192. The molecule has 0 bridgehead atoms. The van der Waals surface area contributed by atoms with Crippen LogP contribution in [-0.2, 0) is 0 Å². The molecular formula is C26H21F3N6O. The van der Waals surface area contributed by atoms with Crippen LogP contribution in [0.3, 0.4) is 0 Å². The highest BCUT2D eigenvalue weighted by Gasteiger charge is 2.20. The van der Waals surface area contributed by atoms with Crippen molar-refractivity contribution in [1.29, 1.82) is 0 Å². The summed E-state index contributed by atoms with van der Waals surface area (Å²) in [4.78, 5) is 12.3. The number of halogens is 3. The van der Waals surface area contributed by atoms with E-state index in [9.17, 15) is 13.9 Å². The second-order valence-corrected chi connectivity index (χ2v) is 8.81. The van der Waals surface area contributed by atoms with E-state index >= 15 is 4.39 Å². The van der Waals surface area contributed by atoms with Gasteiger partial charge in [0.15, 0.2) is 5.82 Å². The van der Waals surface area contributed by atoms with Crippen LogP contribution in [0.1, 0.15) is 24.3 Å². The smallest absolute Gasteiger partial charge is 0.227 e. The molecule has 6 rings (SSSR count). The molecule has 3 N–H and O–H groups in total. The summed E-state index contributed by atoms with van der Waals surface area (Å²) in [5.41, 5.74) is 1.81. The Labute approximate surface area is 203 Å². The number of aromatic nitrogens is 4. The number of aromatic hydroxyl groups is 1.